The largest absolute Gasteiger partial charge is 0.354 e. The Bertz CT molecular complexity index is 944. The average molecular weight is 355 g/mol. The number of carbonyl (C=O) groups excluding carboxylic acids is 1. The molecule has 3 aromatic rings. The summed E-state index contributed by atoms with van der Waals surface area (Å²) in [6.45, 7) is 2.79. The molecule has 0 saturated heterocycles. The maximum absolute atomic E-state index is 13.1. The normalized spacial score (nSPS) is 12.2. The van der Waals surface area contributed by atoms with Gasteiger partial charge >= 0.3 is 5.69 Å². The molecule has 0 aliphatic carbocycles. The number of hydrogen-bond acceptors (Lipinski definition) is 2. The van der Waals surface area contributed by atoms with Gasteiger partial charge in [-0.3, -0.25) is 9.36 Å². The summed E-state index contributed by atoms with van der Waals surface area (Å²) in [5, 5.41) is 2.87. The molecule has 0 saturated carbocycles. The number of halogens is 1. The molecule has 136 valence electrons. The first-order valence-electron chi connectivity index (χ1n) is 8.78. The predicted molar refractivity (Wildman–Crippen MR) is 99.6 cm³/mol. The highest BCUT2D eigenvalue weighted by Crippen LogP contribution is 2.23. The maximum atomic E-state index is 13.1. The van der Waals surface area contributed by atoms with Crippen LogP contribution in [0, 0.1) is 5.82 Å². The minimum atomic E-state index is -0.280. The van der Waals surface area contributed by atoms with Crippen molar-refractivity contribution in [2.24, 2.45) is 0 Å². The van der Waals surface area contributed by atoms with Gasteiger partial charge in [-0.2, -0.15) is 0 Å². The van der Waals surface area contributed by atoms with Crippen LogP contribution in [0.5, 0.6) is 0 Å². The number of rotatable bonds is 7. The highest BCUT2D eigenvalue weighted by Gasteiger charge is 2.14. The van der Waals surface area contributed by atoms with Gasteiger partial charge in [0.05, 0.1) is 11.0 Å². The van der Waals surface area contributed by atoms with E-state index >= 15 is 0 Å². The van der Waals surface area contributed by atoms with Crippen molar-refractivity contribution in [1.82, 2.24) is 14.9 Å². The van der Waals surface area contributed by atoms with E-state index in [1.807, 2.05) is 31.2 Å². The third-order valence-corrected chi connectivity index (χ3v) is 4.61. The van der Waals surface area contributed by atoms with Crippen molar-refractivity contribution >= 4 is 16.9 Å². The Morgan fingerprint density at radius 1 is 1.19 bits per heavy atom. The second-order valence-corrected chi connectivity index (χ2v) is 6.31. The lowest BCUT2D eigenvalue weighted by Gasteiger charge is -2.15. The maximum Gasteiger partial charge on any atom is 0.326 e. The van der Waals surface area contributed by atoms with Gasteiger partial charge < -0.3 is 10.3 Å². The van der Waals surface area contributed by atoms with E-state index in [-0.39, 0.29) is 23.3 Å². The molecule has 1 unspecified atom stereocenters. The molecular weight excluding hydrogens is 333 g/mol. The van der Waals surface area contributed by atoms with Crippen LogP contribution in [0.15, 0.2) is 53.3 Å². The summed E-state index contributed by atoms with van der Waals surface area (Å²) in [4.78, 5) is 27.1. The Kier molecular flexibility index (Phi) is 5.51. The lowest BCUT2D eigenvalue weighted by atomic mass is 9.93. The van der Waals surface area contributed by atoms with Crippen molar-refractivity contribution in [2.75, 3.05) is 6.54 Å². The molecule has 1 heterocycles. The summed E-state index contributed by atoms with van der Waals surface area (Å²) < 4.78 is 14.7. The van der Waals surface area contributed by atoms with Crippen LogP contribution in [0.2, 0.25) is 0 Å². The lowest BCUT2D eigenvalue weighted by Crippen LogP contribution is -2.30. The van der Waals surface area contributed by atoms with Crippen LogP contribution in [0.3, 0.4) is 0 Å². The van der Waals surface area contributed by atoms with E-state index in [0.717, 1.165) is 23.0 Å². The zero-order valence-electron chi connectivity index (χ0n) is 14.7. The fourth-order valence-electron chi connectivity index (χ4n) is 3.16. The topological polar surface area (TPSA) is 66.9 Å². The number of hydrogen-bond donors (Lipinski definition) is 2. The number of amides is 1. The number of fused-ring (bicyclic) bond motifs is 1. The van der Waals surface area contributed by atoms with Crippen LogP contribution in [-0.4, -0.2) is 22.0 Å². The molecule has 2 aromatic carbocycles. The number of para-hydroxylation sites is 2. The molecule has 3 rings (SSSR count). The summed E-state index contributed by atoms with van der Waals surface area (Å²) in [7, 11) is 0. The van der Waals surface area contributed by atoms with Crippen molar-refractivity contribution < 1.29 is 9.18 Å². The third-order valence-electron chi connectivity index (χ3n) is 4.61. The van der Waals surface area contributed by atoms with Crippen molar-refractivity contribution in [3.63, 3.8) is 0 Å². The van der Waals surface area contributed by atoms with Gasteiger partial charge in [0, 0.05) is 19.5 Å². The molecule has 0 aliphatic rings. The monoisotopic (exact) mass is 355 g/mol. The SMILES string of the molecule is CCC(CC(=O)NCCn1c(=O)[nH]c2ccccc21)c1ccc(F)cc1. The van der Waals surface area contributed by atoms with Gasteiger partial charge in [-0.1, -0.05) is 31.2 Å². The summed E-state index contributed by atoms with van der Waals surface area (Å²) >= 11 is 0. The van der Waals surface area contributed by atoms with Crippen LogP contribution in [-0.2, 0) is 11.3 Å². The molecule has 0 spiro atoms. The van der Waals surface area contributed by atoms with E-state index in [4.69, 9.17) is 0 Å². The molecule has 26 heavy (non-hydrogen) atoms. The predicted octanol–water partition coefficient (Wildman–Crippen LogP) is 3.17. The molecule has 1 amide bonds. The van der Waals surface area contributed by atoms with Gasteiger partial charge in [0.1, 0.15) is 5.82 Å². The van der Waals surface area contributed by atoms with Crippen molar-refractivity contribution in [3.05, 3.63) is 70.4 Å². The summed E-state index contributed by atoms with van der Waals surface area (Å²) in [6, 6.07) is 13.7. The fraction of sp³-hybridized carbons (Fsp3) is 0.300. The van der Waals surface area contributed by atoms with Crippen LogP contribution in [0.4, 0.5) is 4.39 Å². The Morgan fingerprint density at radius 2 is 1.92 bits per heavy atom. The van der Waals surface area contributed by atoms with E-state index in [9.17, 15) is 14.0 Å². The molecule has 0 bridgehead atoms. The first-order valence-corrected chi connectivity index (χ1v) is 8.78. The van der Waals surface area contributed by atoms with Gasteiger partial charge in [0.15, 0.2) is 0 Å². The molecule has 1 atom stereocenters. The molecule has 0 aliphatic heterocycles. The molecule has 0 fully saturated rings. The van der Waals surface area contributed by atoms with Crippen LogP contribution in [0.1, 0.15) is 31.2 Å². The molecule has 2 N–H and O–H groups in total. The van der Waals surface area contributed by atoms with Crippen molar-refractivity contribution in [1.29, 1.82) is 0 Å². The molecule has 1 aromatic heterocycles. The Labute approximate surface area is 150 Å². The second kappa shape index (κ2) is 7.99. The smallest absolute Gasteiger partial charge is 0.326 e. The second-order valence-electron chi connectivity index (χ2n) is 6.31. The van der Waals surface area contributed by atoms with E-state index in [2.05, 4.69) is 10.3 Å². The van der Waals surface area contributed by atoms with Gasteiger partial charge in [-0.15, -0.1) is 0 Å². The molecule has 5 nitrogen and oxygen atoms in total. The highest BCUT2D eigenvalue weighted by molar-refractivity contribution is 5.77. The number of nitrogens with one attached hydrogen (secondary N) is 2. The van der Waals surface area contributed by atoms with E-state index < -0.39 is 0 Å². The van der Waals surface area contributed by atoms with Crippen LogP contribution in [0.25, 0.3) is 11.0 Å². The van der Waals surface area contributed by atoms with Crippen LogP contribution >= 0.6 is 0 Å². The molecular formula is C20H22FN3O2. The number of benzene rings is 2. The Balaban J connectivity index is 1.57. The average Bonchev–Trinajstić information content (AvgIpc) is 2.96. The summed E-state index contributed by atoms with van der Waals surface area (Å²) in [5.41, 5.74) is 2.38. The van der Waals surface area contributed by atoms with Gasteiger partial charge in [-0.25, -0.2) is 9.18 Å². The third kappa shape index (κ3) is 4.02. The number of carbonyl (C=O) groups is 1. The van der Waals surface area contributed by atoms with Gasteiger partial charge in [0.25, 0.3) is 0 Å². The number of H-pyrrole nitrogens is 1. The zero-order valence-corrected chi connectivity index (χ0v) is 14.7. The first-order chi connectivity index (χ1) is 12.6. The quantitative estimate of drug-likeness (QED) is 0.684. The van der Waals surface area contributed by atoms with Crippen LogP contribution < -0.4 is 11.0 Å². The van der Waals surface area contributed by atoms with Gasteiger partial charge in [0.2, 0.25) is 5.91 Å². The standard InChI is InChI=1S/C20H22FN3O2/c1-2-14(15-7-9-16(21)10-8-15)13-19(25)22-11-12-24-18-6-4-3-5-17(18)23-20(24)26/h3-10,14H,2,11-13H2,1H3,(H,22,25)(H,23,26). The minimum Gasteiger partial charge on any atom is -0.354 e. The summed E-state index contributed by atoms with van der Waals surface area (Å²) in [5.74, 6) is -0.308. The van der Waals surface area contributed by atoms with E-state index in [0.29, 0.717) is 19.5 Å². The van der Waals surface area contributed by atoms with E-state index in [1.165, 1.54) is 12.1 Å². The number of aromatic nitrogens is 2. The van der Waals surface area contributed by atoms with Crippen molar-refractivity contribution in [3.8, 4) is 0 Å². The Morgan fingerprint density at radius 3 is 2.65 bits per heavy atom. The van der Waals surface area contributed by atoms with E-state index in [1.54, 1.807) is 16.7 Å². The molecule has 6 heteroatoms. The minimum absolute atomic E-state index is 0.0476. The first kappa shape index (κ1) is 17.9. The lowest BCUT2D eigenvalue weighted by molar-refractivity contribution is -0.121. The number of aromatic amines is 1. The number of imidazole rings is 1. The zero-order chi connectivity index (χ0) is 18.5. The highest BCUT2D eigenvalue weighted by atomic mass is 19.1. The molecule has 0 radical (unpaired) electrons. The fourth-order valence-corrected chi connectivity index (χ4v) is 3.16. The van der Waals surface area contributed by atoms with Crippen molar-refractivity contribution in [2.45, 2.75) is 32.2 Å². The summed E-state index contributed by atoms with van der Waals surface area (Å²) in [6.07, 6.45) is 1.13. The Hall–Kier alpha value is -2.89. The van der Waals surface area contributed by atoms with Gasteiger partial charge in [-0.05, 0) is 42.2 Å². The number of nitrogens with zero attached hydrogens (tertiary/aromatic N) is 1.